The Morgan fingerprint density at radius 3 is 2.50 bits per heavy atom. The van der Waals surface area contributed by atoms with Crippen molar-refractivity contribution in [2.24, 2.45) is 5.92 Å². The predicted molar refractivity (Wildman–Crippen MR) is 93.5 cm³/mol. The van der Waals surface area contributed by atoms with E-state index < -0.39 is 0 Å². The summed E-state index contributed by atoms with van der Waals surface area (Å²) < 4.78 is 6.66. The van der Waals surface area contributed by atoms with Crippen LogP contribution in [0.3, 0.4) is 0 Å². The van der Waals surface area contributed by atoms with Gasteiger partial charge in [0.1, 0.15) is 12.4 Å². The lowest BCUT2D eigenvalue weighted by molar-refractivity contribution is -0.138. The van der Waals surface area contributed by atoms with Gasteiger partial charge in [0.05, 0.1) is 5.57 Å². The number of carbonyl (C=O) groups excluding carboxylic acids is 2. The van der Waals surface area contributed by atoms with Crippen molar-refractivity contribution < 1.29 is 14.3 Å². The minimum Gasteiger partial charge on any atom is -0.488 e. The van der Waals surface area contributed by atoms with Crippen LogP contribution in [0.1, 0.15) is 18.4 Å². The minimum absolute atomic E-state index is 0.0131. The monoisotopic (exact) mass is 390 g/mol. The topological polar surface area (TPSA) is 49.9 Å². The van der Waals surface area contributed by atoms with Crippen LogP contribution in [-0.2, 0) is 9.59 Å². The molecule has 0 radical (unpaired) electrons. The zero-order valence-electron chi connectivity index (χ0n) is 13.3. The van der Waals surface area contributed by atoms with Crippen molar-refractivity contribution in [2.75, 3.05) is 32.8 Å². The summed E-state index contributed by atoms with van der Waals surface area (Å²) in [6, 6.07) is 5.78. The van der Waals surface area contributed by atoms with E-state index in [2.05, 4.69) is 15.9 Å². The van der Waals surface area contributed by atoms with Crippen LogP contribution in [-0.4, -0.2) is 54.4 Å². The van der Waals surface area contributed by atoms with Gasteiger partial charge in [-0.05, 0) is 37.1 Å². The van der Waals surface area contributed by atoms with Crippen LogP contribution in [0, 0.1) is 5.92 Å². The van der Waals surface area contributed by atoms with Crippen molar-refractivity contribution in [3.05, 3.63) is 33.8 Å². The lowest BCUT2D eigenvalue weighted by Gasteiger charge is -2.35. The Morgan fingerprint density at radius 2 is 1.79 bits per heavy atom. The molecule has 2 fully saturated rings. The second-order valence-electron chi connectivity index (χ2n) is 6.53. The summed E-state index contributed by atoms with van der Waals surface area (Å²) in [4.78, 5) is 28.6. The van der Waals surface area contributed by atoms with Gasteiger partial charge in [0, 0.05) is 42.1 Å². The third-order valence-corrected chi connectivity index (χ3v) is 5.26. The van der Waals surface area contributed by atoms with Crippen molar-refractivity contribution in [1.82, 2.24) is 9.80 Å². The second-order valence-corrected chi connectivity index (χ2v) is 7.45. The zero-order chi connectivity index (χ0) is 16.7. The van der Waals surface area contributed by atoms with E-state index in [1.807, 2.05) is 34.1 Å². The molecule has 3 aliphatic rings. The molecule has 1 aromatic rings. The highest BCUT2D eigenvalue weighted by Crippen LogP contribution is 2.32. The van der Waals surface area contributed by atoms with Gasteiger partial charge in [0.25, 0.3) is 5.91 Å². The van der Waals surface area contributed by atoms with Crippen molar-refractivity contribution in [1.29, 1.82) is 0 Å². The molecular formula is C18H19BrN2O3. The molecule has 2 amide bonds. The number of carbonyl (C=O) groups is 2. The summed E-state index contributed by atoms with van der Waals surface area (Å²) in [5.74, 6) is 1.33. The van der Waals surface area contributed by atoms with Crippen LogP contribution in [0.5, 0.6) is 5.75 Å². The molecule has 5 nitrogen and oxygen atoms in total. The fourth-order valence-corrected chi connectivity index (χ4v) is 3.57. The van der Waals surface area contributed by atoms with Crippen molar-refractivity contribution >= 4 is 33.8 Å². The highest BCUT2D eigenvalue weighted by atomic mass is 79.9. The number of nitrogens with zero attached hydrogens (tertiary/aromatic N) is 2. The van der Waals surface area contributed by atoms with Crippen LogP contribution < -0.4 is 4.74 Å². The Bertz CT molecular complexity index is 719. The average Bonchev–Trinajstić information content (AvgIpc) is 3.45. The molecular weight excluding hydrogens is 372 g/mol. The fourth-order valence-electron chi connectivity index (χ4n) is 3.19. The molecule has 0 unspecified atom stereocenters. The van der Waals surface area contributed by atoms with Gasteiger partial charge in [-0.2, -0.15) is 0 Å². The van der Waals surface area contributed by atoms with Gasteiger partial charge in [0.15, 0.2) is 0 Å². The third kappa shape index (κ3) is 3.07. The van der Waals surface area contributed by atoms with Crippen LogP contribution in [0.15, 0.2) is 28.2 Å². The number of hydrogen-bond donors (Lipinski definition) is 0. The molecule has 6 heteroatoms. The van der Waals surface area contributed by atoms with E-state index in [9.17, 15) is 9.59 Å². The predicted octanol–water partition coefficient (Wildman–Crippen LogP) is 2.31. The standard InChI is InChI=1S/C18H19BrN2O3/c19-15-3-4-16-13(10-15)9-14(11-24-16)18(23)21-7-5-20(6-8-21)17(22)12-1-2-12/h3-4,9-10,12H,1-2,5-8,11H2. The summed E-state index contributed by atoms with van der Waals surface area (Å²) in [5.41, 5.74) is 1.59. The number of ether oxygens (including phenoxy) is 1. The SMILES string of the molecule is O=C(C1=Cc2cc(Br)ccc2OC1)N1CCN(C(=O)C2CC2)CC1. The van der Waals surface area contributed by atoms with E-state index in [1.54, 1.807) is 0 Å². The van der Waals surface area contributed by atoms with Crippen LogP contribution >= 0.6 is 15.9 Å². The molecule has 0 atom stereocenters. The van der Waals surface area contributed by atoms with E-state index in [4.69, 9.17) is 4.74 Å². The Hall–Kier alpha value is -1.82. The van der Waals surface area contributed by atoms with E-state index in [1.165, 1.54) is 0 Å². The number of benzene rings is 1. The van der Waals surface area contributed by atoms with E-state index in [-0.39, 0.29) is 17.7 Å². The van der Waals surface area contributed by atoms with E-state index >= 15 is 0 Å². The highest BCUT2D eigenvalue weighted by molar-refractivity contribution is 9.10. The smallest absolute Gasteiger partial charge is 0.253 e. The Labute approximate surface area is 149 Å². The quantitative estimate of drug-likeness (QED) is 0.778. The molecule has 0 bridgehead atoms. The van der Waals surface area contributed by atoms with Crippen LogP contribution in [0.4, 0.5) is 0 Å². The first-order valence-electron chi connectivity index (χ1n) is 8.33. The summed E-state index contributed by atoms with van der Waals surface area (Å²) in [6.45, 7) is 2.77. The van der Waals surface area contributed by atoms with Crippen LogP contribution in [0.25, 0.3) is 6.08 Å². The van der Waals surface area contributed by atoms with Crippen molar-refractivity contribution in [3.8, 4) is 5.75 Å². The summed E-state index contributed by atoms with van der Waals surface area (Å²) >= 11 is 3.44. The Kier molecular flexibility index (Phi) is 4.08. The molecule has 126 valence electrons. The first-order chi connectivity index (χ1) is 11.6. The Morgan fingerprint density at radius 1 is 1.08 bits per heavy atom. The van der Waals surface area contributed by atoms with Crippen molar-refractivity contribution in [2.45, 2.75) is 12.8 Å². The summed E-state index contributed by atoms with van der Waals surface area (Å²) in [7, 11) is 0. The zero-order valence-corrected chi connectivity index (χ0v) is 14.9. The van der Waals surface area contributed by atoms with E-state index in [0.717, 1.165) is 28.6 Å². The maximum atomic E-state index is 12.7. The second kappa shape index (κ2) is 6.24. The largest absolute Gasteiger partial charge is 0.488 e. The molecule has 1 saturated heterocycles. The molecule has 0 N–H and O–H groups in total. The van der Waals surface area contributed by atoms with Gasteiger partial charge in [0.2, 0.25) is 5.91 Å². The molecule has 4 rings (SSSR count). The minimum atomic E-state index is 0.0131. The molecule has 0 spiro atoms. The van der Waals surface area contributed by atoms with Gasteiger partial charge in [-0.1, -0.05) is 15.9 Å². The first kappa shape index (κ1) is 15.7. The molecule has 2 aliphatic heterocycles. The van der Waals surface area contributed by atoms with Gasteiger partial charge < -0.3 is 14.5 Å². The average molecular weight is 391 g/mol. The molecule has 1 aliphatic carbocycles. The molecule has 2 heterocycles. The lowest BCUT2D eigenvalue weighted by atomic mass is 10.1. The summed E-state index contributed by atoms with van der Waals surface area (Å²) in [6.07, 6.45) is 3.96. The van der Waals surface area contributed by atoms with E-state index in [0.29, 0.717) is 38.4 Å². The van der Waals surface area contributed by atoms with Gasteiger partial charge in [-0.3, -0.25) is 9.59 Å². The van der Waals surface area contributed by atoms with Crippen LogP contribution in [0.2, 0.25) is 0 Å². The molecule has 24 heavy (non-hydrogen) atoms. The summed E-state index contributed by atoms with van der Waals surface area (Å²) in [5, 5.41) is 0. The van der Waals surface area contributed by atoms with Crippen molar-refractivity contribution in [3.63, 3.8) is 0 Å². The number of rotatable bonds is 2. The molecule has 1 saturated carbocycles. The number of amides is 2. The third-order valence-electron chi connectivity index (χ3n) is 4.76. The number of piperazine rings is 1. The molecule has 1 aromatic carbocycles. The lowest BCUT2D eigenvalue weighted by Crippen LogP contribution is -2.51. The number of hydrogen-bond acceptors (Lipinski definition) is 3. The molecule has 0 aromatic heterocycles. The maximum Gasteiger partial charge on any atom is 0.253 e. The van der Waals surface area contributed by atoms with Gasteiger partial charge in [-0.15, -0.1) is 0 Å². The Balaban J connectivity index is 1.42. The van der Waals surface area contributed by atoms with Gasteiger partial charge >= 0.3 is 0 Å². The maximum absolute atomic E-state index is 12.7. The highest BCUT2D eigenvalue weighted by Gasteiger charge is 2.35. The van der Waals surface area contributed by atoms with Gasteiger partial charge in [-0.25, -0.2) is 0 Å². The normalized spacial score (nSPS) is 20.1. The fraction of sp³-hybridized carbons (Fsp3) is 0.444. The number of fused-ring (bicyclic) bond motifs is 1. The first-order valence-corrected chi connectivity index (χ1v) is 9.12. The number of halogens is 1.